The van der Waals surface area contributed by atoms with Gasteiger partial charge in [0.2, 0.25) is 5.91 Å². The Morgan fingerprint density at radius 3 is 2.77 bits per heavy atom. The molecule has 5 rings (SSSR count). The zero-order valence-corrected chi connectivity index (χ0v) is 17.2. The van der Waals surface area contributed by atoms with E-state index in [-0.39, 0.29) is 11.5 Å². The molecule has 1 aliphatic rings. The van der Waals surface area contributed by atoms with Crippen molar-refractivity contribution in [2.24, 2.45) is 0 Å². The zero-order valence-electron chi connectivity index (χ0n) is 17.2. The van der Waals surface area contributed by atoms with Gasteiger partial charge in [-0.05, 0) is 61.4 Å². The SMILES string of the molecule is Cc1nc2ccccc2c(=O)n1[C@H](C)C(=O)Nc1cccc(-c2nnnn2C2CC2)c1. The van der Waals surface area contributed by atoms with Gasteiger partial charge in [-0.1, -0.05) is 24.3 Å². The number of benzene rings is 2. The average molecular weight is 415 g/mol. The van der Waals surface area contributed by atoms with Crippen molar-refractivity contribution in [2.75, 3.05) is 5.32 Å². The fourth-order valence-electron chi connectivity index (χ4n) is 3.76. The number of aromatic nitrogens is 6. The van der Waals surface area contributed by atoms with Crippen LogP contribution in [0.3, 0.4) is 0 Å². The quantitative estimate of drug-likeness (QED) is 0.537. The number of hydrogen-bond donors (Lipinski definition) is 1. The summed E-state index contributed by atoms with van der Waals surface area (Å²) in [5, 5.41) is 15.4. The summed E-state index contributed by atoms with van der Waals surface area (Å²) in [6.45, 7) is 3.42. The third kappa shape index (κ3) is 3.48. The molecule has 1 aliphatic carbocycles. The van der Waals surface area contributed by atoms with E-state index in [0.29, 0.717) is 34.3 Å². The lowest BCUT2D eigenvalue weighted by atomic mass is 10.1. The average Bonchev–Trinajstić information content (AvgIpc) is 3.50. The predicted molar refractivity (Wildman–Crippen MR) is 116 cm³/mol. The molecule has 1 atom stereocenters. The van der Waals surface area contributed by atoms with Crippen molar-refractivity contribution in [2.45, 2.75) is 38.8 Å². The second-order valence-electron chi connectivity index (χ2n) is 7.78. The molecule has 0 unspecified atom stereocenters. The standard InChI is InChI=1S/C22H21N7O2/c1-13(28-14(2)23-19-9-4-3-8-18(19)22(28)31)21(30)24-16-7-5-6-15(12-16)20-25-26-27-29(20)17-10-11-17/h3-9,12-13,17H,10-11H2,1-2H3,(H,24,30)/t13-/m1/s1. The molecule has 0 bridgehead atoms. The van der Waals surface area contributed by atoms with Crippen LogP contribution in [0.4, 0.5) is 5.69 Å². The molecule has 2 heterocycles. The van der Waals surface area contributed by atoms with Crippen LogP contribution in [-0.4, -0.2) is 35.7 Å². The van der Waals surface area contributed by atoms with Crippen LogP contribution in [-0.2, 0) is 4.79 Å². The minimum absolute atomic E-state index is 0.233. The first-order chi connectivity index (χ1) is 15.0. The first-order valence-corrected chi connectivity index (χ1v) is 10.2. The fourth-order valence-corrected chi connectivity index (χ4v) is 3.76. The number of anilines is 1. The number of hydrogen-bond acceptors (Lipinski definition) is 6. The van der Waals surface area contributed by atoms with E-state index in [1.54, 1.807) is 38.1 Å². The molecule has 0 aliphatic heterocycles. The molecule has 2 aromatic carbocycles. The summed E-state index contributed by atoms with van der Waals surface area (Å²) in [7, 11) is 0. The van der Waals surface area contributed by atoms with Crippen molar-refractivity contribution in [1.82, 2.24) is 29.8 Å². The van der Waals surface area contributed by atoms with Gasteiger partial charge >= 0.3 is 0 Å². The highest BCUT2D eigenvalue weighted by molar-refractivity contribution is 5.94. The van der Waals surface area contributed by atoms with Crippen LogP contribution in [0.1, 0.15) is 37.7 Å². The number of carbonyl (C=O) groups excluding carboxylic acids is 1. The van der Waals surface area contributed by atoms with Gasteiger partial charge in [-0.3, -0.25) is 14.2 Å². The number of nitrogens with zero attached hydrogens (tertiary/aromatic N) is 6. The van der Waals surface area contributed by atoms with E-state index in [4.69, 9.17) is 0 Å². The van der Waals surface area contributed by atoms with E-state index in [0.717, 1.165) is 18.4 Å². The Balaban J connectivity index is 1.42. The molecular formula is C22H21N7O2. The highest BCUT2D eigenvalue weighted by Gasteiger charge is 2.28. The summed E-state index contributed by atoms with van der Waals surface area (Å²) in [5.74, 6) is 0.863. The van der Waals surface area contributed by atoms with Crippen LogP contribution in [0, 0.1) is 6.92 Å². The van der Waals surface area contributed by atoms with Crippen LogP contribution >= 0.6 is 0 Å². The Bertz CT molecular complexity index is 1350. The summed E-state index contributed by atoms with van der Waals surface area (Å²) < 4.78 is 3.25. The van der Waals surface area contributed by atoms with Gasteiger partial charge in [-0.15, -0.1) is 5.10 Å². The predicted octanol–water partition coefficient (Wildman–Crippen LogP) is 2.89. The maximum Gasteiger partial charge on any atom is 0.262 e. The molecule has 2 aromatic heterocycles. The fraction of sp³-hybridized carbons (Fsp3) is 0.273. The van der Waals surface area contributed by atoms with Gasteiger partial charge in [-0.25, -0.2) is 9.67 Å². The molecule has 156 valence electrons. The number of tetrazole rings is 1. The first kappa shape index (κ1) is 19.1. The van der Waals surface area contributed by atoms with Crippen molar-refractivity contribution in [1.29, 1.82) is 0 Å². The highest BCUT2D eigenvalue weighted by atomic mass is 16.2. The number of nitrogens with one attached hydrogen (secondary N) is 1. The Labute approximate surface area is 177 Å². The zero-order chi connectivity index (χ0) is 21.5. The smallest absolute Gasteiger partial charge is 0.262 e. The maximum atomic E-state index is 13.0. The molecule has 4 aromatic rings. The van der Waals surface area contributed by atoms with Crippen LogP contribution in [0.25, 0.3) is 22.3 Å². The lowest BCUT2D eigenvalue weighted by molar-refractivity contribution is -0.118. The summed E-state index contributed by atoms with van der Waals surface area (Å²) in [6.07, 6.45) is 2.14. The molecule has 0 saturated heterocycles. The van der Waals surface area contributed by atoms with Crippen molar-refractivity contribution in [3.63, 3.8) is 0 Å². The van der Waals surface area contributed by atoms with Crippen molar-refractivity contribution < 1.29 is 4.79 Å². The van der Waals surface area contributed by atoms with E-state index in [1.807, 2.05) is 28.9 Å². The molecule has 1 N–H and O–H groups in total. The van der Waals surface area contributed by atoms with E-state index < -0.39 is 6.04 Å². The lowest BCUT2D eigenvalue weighted by Gasteiger charge is -2.18. The van der Waals surface area contributed by atoms with Crippen LogP contribution in [0.15, 0.2) is 53.3 Å². The van der Waals surface area contributed by atoms with Gasteiger partial charge in [0.15, 0.2) is 5.82 Å². The maximum absolute atomic E-state index is 13.0. The van der Waals surface area contributed by atoms with Crippen LogP contribution in [0.2, 0.25) is 0 Å². The van der Waals surface area contributed by atoms with Gasteiger partial charge in [0.25, 0.3) is 5.56 Å². The Kier molecular flexibility index (Phi) is 4.58. The number of fused-ring (bicyclic) bond motifs is 1. The van der Waals surface area contributed by atoms with Gasteiger partial charge in [-0.2, -0.15) is 0 Å². The second kappa shape index (κ2) is 7.42. The minimum Gasteiger partial charge on any atom is -0.324 e. The molecule has 9 nitrogen and oxygen atoms in total. The van der Waals surface area contributed by atoms with E-state index in [2.05, 4.69) is 25.8 Å². The van der Waals surface area contributed by atoms with Gasteiger partial charge in [0.1, 0.15) is 11.9 Å². The third-order valence-electron chi connectivity index (χ3n) is 5.52. The minimum atomic E-state index is -0.731. The second-order valence-corrected chi connectivity index (χ2v) is 7.78. The number of rotatable bonds is 5. The van der Waals surface area contributed by atoms with E-state index in [1.165, 1.54) is 4.57 Å². The largest absolute Gasteiger partial charge is 0.324 e. The number of para-hydroxylation sites is 1. The van der Waals surface area contributed by atoms with E-state index in [9.17, 15) is 9.59 Å². The molecule has 9 heteroatoms. The molecule has 31 heavy (non-hydrogen) atoms. The Morgan fingerprint density at radius 1 is 1.16 bits per heavy atom. The first-order valence-electron chi connectivity index (χ1n) is 10.2. The van der Waals surface area contributed by atoms with Gasteiger partial charge in [0.05, 0.1) is 16.9 Å². The van der Waals surface area contributed by atoms with Crippen LogP contribution < -0.4 is 10.9 Å². The summed E-state index contributed by atoms with van der Waals surface area (Å²) in [4.78, 5) is 30.5. The molecule has 1 fully saturated rings. The summed E-state index contributed by atoms with van der Waals surface area (Å²) >= 11 is 0. The van der Waals surface area contributed by atoms with Gasteiger partial charge in [0, 0.05) is 11.3 Å². The van der Waals surface area contributed by atoms with Gasteiger partial charge < -0.3 is 5.32 Å². The molecule has 1 amide bonds. The molecule has 0 spiro atoms. The lowest BCUT2D eigenvalue weighted by Crippen LogP contribution is -2.33. The summed E-state index contributed by atoms with van der Waals surface area (Å²) in [6, 6.07) is 14.1. The third-order valence-corrected chi connectivity index (χ3v) is 5.52. The Hall–Kier alpha value is -3.88. The van der Waals surface area contributed by atoms with E-state index >= 15 is 0 Å². The molecular weight excluding hydrogens is 394 g/mol. The number of aryl methyl sites for hydroxylation is 1. The topological polar surface area (TPSA) is 108 Å². The summed E-state index contributed by atoms with van der Waals surface area (Å²) in [5.41, 5.74) is 1.82. The number of amides is 1. The van der Waals surface area contributed by atoms with Crippen molar-refractivity contribution in [3.8, 4) is 11.4 Å². The molecule has 1 saturated carbocycles. The van der Waals surface area contributed by atoms with Crippen molar-refractivity contribution in [3.05, 3.63) is 64.7 Å². The van der Waals surface area contributed by atoms with Crippen molar-refractivity contribution >= 4 is 22.5 Å². The monoisotopic (exact) mass is 415 g/mol. The molecule has 0 radical (unpaired) electrons. The number of carbonyl (C=O) groups is 1. The Morgan fingerprint density at radius 2 is 1.97 bits per heavy atom. The van der Waals surface area contributed by atoms with Crippen LogP contribution in [0.5, 0.6) is 0 Å². The highest BCUT2D eigenvalue weighted by Crippen LogP contribution is 2.36. The normalized spacial score (nSPS) is 14.5.